The van der Waals surface area contributed by atoms with Crippen molar-refractivity contribution in [1.29, 1.82) is 0 Å². The van der Waals surface area contributed by atoms with Crippen molar-refractivity contribution in [3.63, 3.8) is 0 Å². The van der Waals surface area contributed by atoms with E-state index < -0.39 is 5.54 Å². The monoisotopic (exact) mass is 479 g/mol. The number of hydrogen-bond donors (Lipinski definition) is 1. The number of benzene rings is 1. The summed E-state index contributed by atoms with van der Waals surface area (Å²) < 4.78 is 7.54. The van der Waals surface area contributed by atoms with E-state index in [2.05, 4.69) is 5.32 Å². The number of nitrogens with one attached hydrogen (secondary N) is 1. The minimum atomic E-state index is -1.04. The van der Waals surface area contributed by atoms with Gasteiger partial charge in [0, 0.05) is 17.6 Å². The Labute approximate surface area is 204 Å². The van der Waals surface area contributed by atoms with E-state index in [1.165, 1.54) is 6.42 Å². The first-order valence-corrected chi connectivity index (χ1v) is 12.4. The fourth-order valence-corrected chi connectivity index (χ4v) is 5.51. The minimum absolute atomic E-state index is 0.100. The van der Waals surface area contributed by atoms with Gasteiger partial charge in [0.15, 0.2) is 0 Å². The van der Waals surface area contributed by atoms with E-state index >= 15 is 0 Å². The molecule has 178 valence electrons. The third-order valence-corrected chi connectivity index (χ3v) is 7.64. The van der Waals surface area contributed by atoms with E-state index in [0.29, 0.717) is 36.0 Å². The largest absolute Gasteiger partial charge is 0.463 e. The number of carbonyl (C=O) groups is 2. The molecule has 1 N–H and O–H groups in total. The van der Waals surface area contributed by atoms with Gasteiger partial charge in [-0.1, -0.05) is 49.1 Å². The Morgan fingerprint density at radius 2 is 1.85 bits per heavy atom. The van der Waals surface area contributed by atoms with Crippen molar-refractivity contribution < 1.29 is 14.0 Å². The lowest BCUT2D eigenvalue weighted by atomic mass is 9.91. The molecular formula is C27H30ClN3O3. The highest BCUT2D eigenvalue weighted by molar-refractivity contribution is 6.31. The molecule has 1 aliphatic heterocycles. The molecular weight excluding hydrogens is 450 g/mol. The molecule has 0 bridgehead atoms. The van der Waals surface area contributed by atoms with Gasteiger partial charge in [-0.05, 0) is 62.1 Å². The fraction of sp³-hybridized carbons (Fsp3) is 0.407. The first kappa shape index (κ1) is 22.8. The average Bonchev–Trinajstić information content (AvgIpc) is 3.50. The highest BCUT2D eigenvalue weighted by atomic mass is 35.5. The summed E-state index contributed by atoms with van der Waals surface area (Å²) in [6.07, 6.45) is 7.63. The van der Waals surface area contributed by atoms with Crippen LogP contribution in [0.25, 0.3) is 11.5 Å². The lowest BCUT2D eigenvalue weighted by molar-refractivity contribution is -0.133. The molecule has 1 fully saturated rings. The van der Waals surface area contributed by atoms with E-state index in [1.54, 1.807) is 11.2 Å². The summed E-state index contributed by atoms with van der Waals surface area (Å²) in [5, 5.41) is 3.94. The van der Waals surface area contributed by atoms with Gasteiger partial charge in [-0.2, -0.15) is 0 Å². The van der Waals surface area contributed by atoms with Crippen LogP contribution in [0.5, 0.6) is 0 Å². The Hall–Kier alpha value is -2.99. The van der Waals surface area contributed by atoms with E-state index in [9.17, 15) is 9.59 Å². The standard InChI is InChI=1S/C27H30ClN3O3/c1-27(26(33)29-20-9-3-2-4-10-20)18-30-22(24-12-7-17-34-24)13-14-23(30)25(32)31(27)16-15-19-8-5-6-11-21(19)28/h5-8,11-14,17,20H,2-4,9-10,15-16,18H2,1H3,(H,29,33)/t27-/m1/s1. The SMILES string of the molecule is C[C@]1(C(=O)NC2CCCCC2)Cn2c(ccc2-c2ccco2)C(=O)N1CCc1ccccc1Cl. The molecule has 2 amide bonds. The molecule has 0 spiro atoms. The van der Waals surface area contributed by atoms with Gasteiger partial charge in [0.1, 0.15) is 17.0 Å². The number of amides is 2. The average molecular weight is 480 g/mol. The number of hydrogen-bond acceptors (Lipinski definition) is 3. The first-order valence-electron chi connectivity index (χ1n) is 12.1. The van der Waals surface area contributed by atoms with E-state index in [0.717, 1.165) is 36.9 Å². The second-order valence-corrected chi connectivity index (χ2v) is 9.95. The molecule has 6 nitrogen and oxygen atoms in total. The molecule has 3 aromatic rings. The van der Waals surface area contributed by atoms with E-state index in [1.807, 2.05) is 60.0 Å². The zero-order chi connectivity index (χ0) is 23.7. The Balaban J connectivity index is 1.48. The number of nitrogens with zero attached hydrogens (tertiary/aromatic N) is 2. The smallest absolute Gasteiger partial charge is 0.271 e. The fourth-order valence-electron chi connectivity index (χ4n) is 5.28. The van der Waals surface area contributed by atoms with Crippen molar-refractivity contribution in [2.24, 2.45) is 0 Å². The van der Waals surface area contributed by atoms with Crippen molar-refractivity contribution in [2.45, 2.75) is 63.6 Å². The van der Waals surface area contributed by atoms with Crippen molar-refractivity contribution in [3.05, 3.63) is 71.1 Å². The molecule has 2 aromatic heterocycles. The van der Waals surface area contributed by atoms with Crippen LogP contribution in [-0.2, 0) is 17.8 Å². The normalized spacial score (nSPS) is 20.9. The van der Waals surface area contributed by atoms with Gasteiger partial charge in [-0.25, -0.2) is 0 Å². The maximum Gasteiger partial charge on any atom is 0.271 e. The van der Waals surface area contributed by atoms with Crippen LogP contribution in [0.2, 0.25) is 5.02 Å². The molecule has 0 radical (unpaired) electrons. The number of carbonyl (C=O) groups excluding carboxylic acids is 2. The molecule has 1 aromatic carbocycles. The second-order valence-electron chi connectivity index (χ2n) is 9.55. The molecule has 34 heavy (non-hydrogen) atoms. The zero-order valence-corrected chi connectivity index (χ0v) is 20.2. The maximum absolute atomic E-state index is 13.8. The summed E-state index contributed by atoms with van der Waals surface area (Å²) in [7, 11) is 0. The van der Waals surface area contributed by atoms with Gasteiger partial charge >= 0.3 is 0 Å². The topological polar surface area (TPSA) is 67.5 Å². The third-order valence-electron chi connectivity index (χ3n) is 7.27. The number of fused-ring (bicyclic) bond motifs is 1. The van der Waals surface area contributed by atoms with Gasteiger partial charge in [-0.15, -0.1) is 0 Å². The molecule has 2 aliphatic rings. The van der Waals surface area contributed by atoms with Crippen LogP contribution >= 0.6 is 11.6 Å². The molecule has 0 saturated heterocycles. The summed E-state index contributed by atoms with van der Waals surface area (Å²) >= 11 is 6.38. The van der Waals surface area contributed by atoms with E-state index in [-0.39, 0.29) is 17.9 Å². The summed E-state index contributed by atoms with van der Waals surface area (Å²) in [5.74, 6) is 0.424. The van der Waals surface area contributed by atoms with Gasteiger partial charge < -0.3 is 19.2 Å². The number of aromatic nitrogens is 1. The Bertz CT molecular complexity index is 1180. The highest BCUT2D eigenvalue weighted by Gasteiger charge is 2.48. The Morgan fingerprint density at radius 3 is 2.59 bits per heavy atom. The van der Waals surface area contributed by atoms with Crippen LogP contribution in [0.15, 0.2) is 59.2 Å². The Morgan fingerprint density at radius 1 is 1.09 bits per heavy atom. The van der Waals surface area contributed by atoms with Gasteiger partial charge in [0.25, 0.3) is 5.91 Å². The summed E-state index contributed by atoms with van der Waals surface area (Å²) in [6.45, 7) is 2.64. The lowest BCUT2D eigenvalue weighted by Crippen LogP contribution is -2.65. The van der Waals surface area contributed by atoms with Crippen LogP contribution in [-0.4, -0.2) is 39.4 Å². The third kappa shape index (κ3) is 4.16. The predicted molar refractivity (Wildman–Crippen MR) is 132 cm³/mol. The Kier molecular flexibility index (Phi) is 6.26. The second kappa shape index (κ2) is 9.34. The summed E-state index contributed by atoms with van der Waals surface area (Å²) in [4.78, 5) is 29.3. The maximum atomic E-state index is 13.8. The summed E-state index contributed by atoms with van der Waals surface area (Å²) in [6, 6.07) is 15.2. The van der Waals surface area contributed by atoms with Gasteiger partial charge in [0.2, 0.25) is 5.91 Å². The molecule has 0 unspecified atom stereocenters. The molecule has 1 saturated carbocycles. The molecule has 1 aliphatic carbocycles. The van der Waals surface area contributed by atoms with Gasteiger partial charge in [0.05, 0.1) is 18.5 Å². The van der Waals surface area contributed by atoms with Crippen LogP contribution < -0.4 is 5.32 Å². The molecule has 1 atom stereocenters. The van der Waals surface area contributed by atoms with Crippen LogP contribution in [0.1, 0.15) is 55.1 Å². The number of furan rings is 1. The minimum Gasteiger partial charge on any atom is -0.463 e. The molecule has 3 heterocycles. The van der Waals surface area contributed by atoms with Gasteiger partial charge in [-0.3, -0.25) is 9.59 Å². The number of halogens is 1. The predicted octanol–water partition coefficient (Wildman–Crippen LogP) is 5.31. The first-order chi connectivity index (χ1) is 16.5. The zero-order valence-electron chi connectivity index (χ0n) is 19.4. The molecule has 7 heteroatoms. The lowest BCUT2D eigenvalue weighted by Gasteiger charge is -2.45. The van der Waals surface area contributed by atoms with Crippen molar-refractivity contribution in [2.75, 3.05) is 6.54 Å². The van der Waals surface area contributed by atoms with Crippen molar-refractivity contribution >= 4 is 23.4 Å². The quantitative estimate of drug-likeness (QED) is 0.521. The van der Waals surface area contributed by atoms with Crippen LogP contribution in [0.4, 0.5) is 0 Å². The molecule has 5 rings (SSSR count). The number of rotatable bonds is 6. The van der Waals surface area contributed by atoms with E-state index in [4.69, 9.17) is 16.0 Å². The highest BCUT2D eigenvalue weighted by Crippen LogP contribution is 2.34. The van der Waals surface area contributed by atoms with Crippen LogP contribution in [0, 0.1) is 0 Å². The van der Waals surface area contributed by atoms with Crippen molar-refractivity contribution in [1.82, 2.24) is 14.8 Å². The van der Waals surface area contributed by atoms with Crippen LogP contribution in [0.3, 0.4) is 0 Å². The summed E-state index contributed by atoms with van der Waals surface area (Å²) in [5.41, 5.74) is 1.29. The van der Waals surface area contributed by atoms with Crippen molar-refractivity contribution in [3.8, 4) is 11.5 Å².